The molecule has 482 valence electrons. The van der Waals surface area contributed by atoms with Gasteiger partial charge in [0.2, 0.25) is 11.8 Å². The first kappa shape index (κ1) is 66.7. The summed E-state index contributed by atoms with van der Waals surface area (Å²) in [6, 6.07) is 11.9. The van der Waals surface area contributed by atoms with Gasteiger partial charge in [0.15, 0.2) is 0 Å². The van der Waals surface area contributed by atoms with Crippen molar-refractivity contribution in [2.75, 3.05) is 32.1 Å². The standard InChI is InChI=1S/C60H58N14O13S6/c1-28(2)44-58-73-47(39(93-58)23-86-5)51(81)63-21-42(76)70-48(49(79)30-11-7-6-8-12-30)57-68-38(26-90-57)55-66-36(24-89-55)46-33(53-67-37(25-88-53)50(80)65-35(19-41(75)61-4)56-72-45(29(3)92-56)52(82)71-44)16-17-34(64-46)54-69-40(27-91-54)74(18-10-9-13-43(77)78)60(85)87-22-32-15-14-31(20-62-32)59(83)84/h6-8,11-12,14-17,20,24-28,35,44,48-49,79H,9-10,13,18-19,21-23H2,1-5H3,(H,61,75)(H,63,81)(H,65,80)(H,70,76)(H,71,82)(H,77,78)(H,83,84)/t35-,44?,48-,49-/m0/s1. The van der Waals surface area contributed by atoms with Crippen LogP contribution in [0.5, 0.6) is 0 Å². The Balaban J connectivity index is 1.04. The zero-order valence-corrected chi connectivity index (χ0v) is 54.9. The molecule has 33 heteroatoms. The number of aromatic carboxylic acids is 1. The lowest BCUT2D eigenvalue weighted by Crippen LogP contribution is -2.40. The average molecular weight is 1380 g/mol. The number of hydrogen-bond acceptors (Lipinski definition) is 25. The molecular formula is C60H58N14O13S6. The summed E-state index contributed by atoms with van der Waals surface area (Å²) in [6.07, 6.45) is -0.895. The predicted molar refractivity (Wildman–Crippen MR) is 347 cm³/mol. The lowest BCUT2D eigenvalue weighted by molar-refractivity contribution is -0.137. The Morgan fingerprint density at radius 3 is 2.16 bits per heavy atom. The van der Waals surface area contributed by atoms with Crippen molar-refractivity contribution in [3.8, 4) is 43.4 Å². The molecule has 10 rings (SSSR count). The number of carboxylic acids is 2. The van der Waals surface area contributed by atoms with Crippen LogP contribution in [0.25, 0.3) is 43.4 Å². The average Bonchev–Trinajstić information content (AvgIpc) is 1.70. The van der Waals surface area contributed by atoms with Gasteiger partial charge in [0, 0.05) is 65.3 Å². The molecule has 9 aromatic rings. The highest BCUT2D eigenvalue weighted by Gasteiger charge is 2.33. The molecule has 6 amide bonds. The van der Waals surface area contributed by atoms with Crippen LogP contribution in [0.3, 0.4) is 0 Å². The van der Waals surface area contributed by atoms with Crippen LogP contribution in [0.1, 0.15) is 142 Å². The van der Waals surface area contributed by atoms with Gasteiger partial charge < -0.3 is 51.4 Å². The number of ether oxygens (including phenoxy) is 2. The number of aliphatic carboxylic acids is 1. The van der Waals surface area contributed by atoms with Crippen molar-refractivity contribution >= 4 is 121 Å². The van der Waals surface area contributed by atoms with Crippen LogP contribution in [-0.4, -0.2) is 130 Å². The summed E-state index contributed by atoms with van der Waals surface area (Å²) in [5, 5.41) is 53.4. The van der Waals surface area contributed by atoms with Gasteiger partial charge in [-0.05, 0) is 55.5 Å². The number of aromatic nitrogens is 8. The molecule has 8 aromatic heterocycles. The van der Waals surface area contributed by atoms with Gasteiger partial charge >= 0.3 is 18.0 Å². The Kier molecular flexibility index (Phi) is 21.5. The van der Waals surface area contributed by atoms with E-state index >= 15 is 0 Å². The third-order valence-corrected chi connectivity index (χ3v) is 19.9. The first-order valence-corrected chi connectivity index (χ1v) is 33.7. The highest BCUT2D eigenvalue weighted by atomic mass is 32.1. The quantitative estimate of drug-likeness (QED) is 0.0394. The molecule has 1 aliphatic rings. The minimum atomic E-state index is -1.32. The topological polar surface area (TPSA) is 382 Å². The number of pyridine rings is 2. The fraction of sp³-hybridized carbons (Fsp3) is 0.300. The summed E-state index contributed by atoms with van der Waals surface area (Å²) >= 11 is 6.93. The maximum absolute atomic E-state index is 14.4. The molecule has 0 radical (unpaired) electrons. The number of unbranched alkanes of at least 4 members (excludes halogenated alkanes) is 1. The van der Waals surface area contributed by atoms with Crippen molar-refractivity contribution in [2.45, 2.75) is 83.9 Å². The Labute approximate surface area is 553 Å². The Hall–Kier alpha value is -9.22. The molecule has 0 fully saturated rings. The largest absolute Gasteiger partial charge is 0.481 e. The molecule has 9 heterocycles. The van der Waals surface area contributed by atoms with E-state index in [9.17, 15) is 53.7 Å². The van der Waals surface area contributed by atoms with Gasteiger partial charge in [-0.3, -0.25) is 38.7 Å². The molecule has 1 aliphatic heterocycles. The Morgan fingerprint density at radius 1 is 0.699 bits per heavy atom. The number of thiazole rings is 6. The highest BCUT2D eigenvalue weighted by molar-refractivity contribution is 7.15. The van der Waals surface area contributed by atoms with E-state index in [0.717, 1.165) is 62.9 Å². The van der Waals surface area contributed by atoms with Crippen molar-refractivity contribution in [1.29, 1.82) is 0 Å². The molecule has 93 heavy (non-hydrogen) atoms. The number of rotatable bonds is 17. The number of aliphatic hydroxyl groups excluding tert-OH is 1. The predicted octanol–water partition coefficient (Wildman–Crippen LogP) is 8.80. The maximum Gasteiger partial charge on any atom is 0.415 e. The Morgan fingerprint density at radius 2 is 1.43 bits per heavy atom. The van der Waals surface area contributed by atoms with Crippen molar-refractivity contribution in [2.24, 2.45) is 5.92 Å². The van der Waals surface area contributed by atoms with Crippen molar-refractivity contribution < 1.29 is 63.1 Å². The van der Waals surface area contributed by atoms with Gasteiger partial charge in [0.05, 0.1) is 53.5 Å². The molecule has 0 saturated carbocycles. The fourth-order valence-electron chi connectivity index (χ4n) is 9.39. The maximum atomic E-state index is 14.4. The fourth-order valence-corrected chi connectivity index (χ4v) is 14.9. The van der Waals surface area contributed by atoms with Crippen LogP contribution in [0, 0.1) is 12.8 Å². The molecule has 0 saturated heterocycles. The van der Waals surface area contributed by atoms with Crippen molar-refractivity contribution in [1.82, 2.24) is 66.5 Å². The van der Waals surface area contributed by atoms with Crippen molar-refractivity contribution in [3.63, 3.8) is 0 Å². The summed E-state index contributed by atoms with van der Waals surface area (Å²) in [7, 11) is 2.91. The van der Waals surface area contributed by atoms with E-state index in [2.05, 4.69) is 31.6 Å². The Bertz CT molecular complexity index is 4240. The summed E-state index contributed by atoms with van der Waals surface area (Å²) in [5.74, 6) is -5.31. The number of carbonyl (C=O) groups excluding carboxylic acids is 6. The van der Waals surface area contributed by atoms with E-state index in [1.165, 1.54) is 42.5 Å². The van der Waals surface area contributed by atoms with Crippen LogP contribution in [0.4, 0.5) is 10.6 Å². The van der Waals surface area contributed by atoms with Crippen LogP contribution in [-0.2, 0) is 37.1 Å². The van der Waals surface area contributed by atoms with Crippen LogP contribution < -0.4 is 31.5 Å². The number of anilines is 1. The van der Waals surface area contributed by atoms with E-state index in [1.807, 2.05) is 13.8 Å². The molecule has 4 atom stereocenters. The summed E-state index contributed by atoms with van der Waals surface area (Å²) in [4.78, 5) is 147. The van der Waals surface area contributed by atoms with E-state index in [1.54, 1.807) is 70.9 Å². The lowest BCUT2D eigenvalue weighted by atomic mass is 10.0. The molecular weight excluding hydrogens is 1320 g/mol. The van der Waals surface area contributed by atoms with Gasteiger partial charge in [-0.2, -0.15) is 0 Å². The molecule has 0 spiro atoms. The minimum Gasteiger partial charge on any atom is -0.481 e. The number of nitrogens with zero attached hydrogens (tertiary/aromatic N) is 9. The summed E-state index contributed by atoms with van der Waals surface area (Å²) in [5.41, 5.74) is 2.46. The summed E-state index contributed by atoms with van der Waals surface area (Å²) < 4.78 is 11.1. The minimum absolute atomic E-state index is 0.0182. The molecule has 1 unspecified atom stereocenters. The van der Waals surface area contributed by atoms with Crippen LogP contribution >= 0.6 is 68.0 Å². The molecule has 0 aliphatic carbocycles. The number of aryl methyl sites for hydroxylation is 1. The number of methoxy groups -OCH3 is 1. The first-order valence-electron chi connectivity index (χ1n) is 28.5. The number of benzene rings is 1. The molecule has 27 nitrogen and oxygen atoms in total. The highest BCUT2D eigenvalue weighted by Crippen LogP contribution is 2.40. The number of fused-ring (bicyclic) bond motifs is 14. The number of hydrogen-bond donors (Lipinski definition) is 8. The van der Waals surface area contributed by atoms with E-state index in [0.29, 0.717) is 63.0 Å². The monoisotopic (exact) mass is 1370 g/mol. The van der Waals surface area contributed by atoms with Gasteiger partial charge in [-0.1, -0.05) is 44.2 Å². The first-order chi connectivity index (χ1) is 44.7. The van der Waals surface area contributed by atoms with Gasteiger partial charge in [-0.15, -0.1) is 68.0 Å². The van der Waals surface area contributed by atoms with E-state index < -0.39 is 78.3 Å². The second kappa shape index (κ2) is 30.0. The zero-order chi connectivity index (χ0) is 66.0. The molecule has 8 N–H and O–H groups in total. The van der Waals surface area contributed by atoms with Gasteiger partial charge in [-0.25, -0.2) is 44.5 Å². The molecule has 10 bridgehead atoms. The van der Waals surface area contributed by atoms with Crippen LogP contribution in [0.2, 0.25) is 0 Å². The number of carboxylic acid groups (broad SMARTS) is 2. The smallest absolute Gasteiger partial charge is 0.415 e. The van der Waals surface area contributed by atoms with Gasteiger partial charge in [0.25, 0.3) is 17.7 Å². The van der Waals surface area contributed by atoms with E-state index in [-0.39, 0.29) is 96.2 Å². The number of amides is 6. The molecule has 1 aromatic carbocycles. The normalized spacial score (nSPS) is 15.7. The number of carbonyl (C=O) groups is 8. The lowest BCUT2D eigenvalue weighted by Gasteiger charge is -2.23. The number of nitrogens with one attached hydrogen (secondary N) is 5. The van der Waals surface area contributed by atoms with Crippen LogP contribution in [0.15, 0.2) is 82.3 Å². The summed E-state index contributed by atoms with van der Waals surface area (Å²) in [6.45, 7) is 4.57. The zero-order valence-electron chi connectivity index (χ0n) is 50.0. The van der Waals surface area contributed by atoms with E-state index in [4.69, 9.17) is 44.4 Å². The third kappa shape index (κ3) is 16.0. The third-order valence-electron chi connectivity index (χ3n) is 14.2. The van der Waals surface area contributed by atoms with Crippen molar-refractivity contribution in [3.05, 3.63) is 141 Å². The second-order valence-electron chi connectivity index (χ2n) is 21.0. The second-order valence-corrected chi connectivity index (χ2v) is 26.9. The van der Waals surface area contributed by atoms with Gasteiger partial charge in [0.1, 0.15) is 88.8 Å². The number of aliphatic hydroxyl groups is 1. The SMILES string of the molecule is CNC(=O)C[C@@H]1NC(=O)c2csc(n2)-c2ccc(-c3nc(N(CCCCC(=O)O)C(=O)OCc4ccc(C(=O)O)cn4)cs3)nc2-c2csc(n2)-c2csc(n2)[C@H]([C@@H](O)c2ccccc2)NC(=O)CNC(=O)c2nc(sc2COC)C(C(C)C)NC(=O)c2nc1sc2C.